The smallest absolute Gasteiger partial charge is 0.204 e. The molecule has 0 unspecified atom stereocenters. The monoisotopic (exact) mass is 216 g/mol. The van der Waals surface area contributed by atoms with Crippen molar-refractivity contribution in [1.82, 2.24) is 9.55 Å². The lowest BCUT2D eigenvalue weighted by Gasteiger charge is -2.15. The Bertz CT molecular complexity index is 435. The molecule has 1 fully saturated rings. The van der Waals surface area contributed by atoms with Crippen molar-refractivity contribution >= 4 is 5.95 Å². The van der Waals surface area contributed by atoms with Crippen molar-refractivity contribution in [2.75, 3.05) is 11.9 Å². The van der Waals surface area contributed by atoms with Crippen molar-refractivity contribution in [3.8, 4) is 6.07 Å². The fourth-order valence-electron chi connectivity index (χ4n) is 2.86. The Morgan fingerprint density at radius 2 is 2.12 bits per heavy atom. The summed E-state index contributed by atoms with van der Waals surface area (Å²) in [5.41, 5.74) is 1.85. The van der Waals surface area contributed by atoms with Crippen molar-refractivity contribution in [1.29, 1.82) is 5.26 Å². The first-order valence-electron chi connectivity index (χ1n) is 6.14. The Labute approximate surface area is 95.3 Å². The van der Waals surface area contributed by atoms with Crippen molar-refractivity contribution < 1.29 is 0 Å². The standard InChI is InChI=1S/C12H16N4/c13-8-10-11(9-4-1-2-5-9)15-12-14-6-3-7-16(10)12/h9H,1-7H2,(H,14,15). The Kier molecular flexibility index (Phi) is 2.32. The number of nitrogens with zero attached hydrogens (tertiary/aromatic N) is 3. The molecule has 16 heavy (non-hydrogen) atoms. The van der Waals surface area contributed by atoms with Gasteiger partial charge in [0.1, 0.15) is 11.8 Å². The average Bonchev–Trinajstić information content (AvgIpc) is 2.95. The number of fused-ring (bicyclic) bond motifs is 1. The van der Waals surface area contributed by atoms with Crippen LogP contribution in [-0.4, -0.2) is 16.1 Å². The summed E-state index contributed by atoms with van der Waals surface area (Å²) in [4.78, 5) is 4.63. The Morgan fingerprint density at radius 1 is 1.31 bits per heavy atom. The average molecular weight is 216 g/mol. The zero-order chi connectivity index (χ0) is 11.0. The molecule has 4 nitrogen and oxygen atoms in total. The van der Waals surface area contributed by atoms with Gasteiger partial charge in [0.25, 0.3) is 0 Å². The molecule has 1 N–H and O–H groups in total. The molecule has 0 saturated heterocycles. The Hall–Kier alpha value is -1.50. The van der Waals surface area contributed by atoms with Crippen LogP contribution in [0.1, 0.15) is 49.4 Å². The van der Waals surface area contributed by atoms with E-state index in [1.54, 1.807) is 0 Å². The van der Waals surface area contributed by atoms with Gasteiger partial charge in [0.2, 0.25) is 5.95 Å². The first kappa shape index (κ1) is 9.71. The molecule has 0 bridgehead atoms. The minimum Gasteiger partial charge on any atom is -0.356 e. The van der Waals surface area contributed by atoms with Gasteiger partial charge in [-0.25, -0.2) is 4.98 Å². The van der Waals surface area contributed by atoms with E-state index in [2.05, 4.69) is 20.9 Å². The summed E-state index contributed by atoms with van der Waals surface area (Å²) in [6.45, 7) is 1.91. The number of rotatable bonds is 1. The zero-order valence-electron chi connectivity index (χ0n) is 9.37. The summed E-state index contributed by atoms with van der Waals surface area (Å²) in [7, 11) is 0. The lowest BCUT2D eigenvalue weighted by atomic mass is 10.0. The van der Waals surface area contributed by atoms with Crippen molar-refractivity contribution in [2.24, 2.45) is 0 Å². The third-order valence-electron chi connectivity index (χ3n) is 3.68. The van der Waals surface area contributed by atoms with Crippen LogP contribution in [-0.2, 0) is 6.54 Å². The van der Waals surface area contributed by atoms with Crippen LogP contribution in [0.5, 0.6) is 0 Å². The van der Waals surface area contributed by atoms with Crippen molar-refractivity contribution in [3.05, 3.63) is 11.4 Å². The maximum absolute atomic E-state index is 9.29. The van der Waals surface area contributed by atoms with Gasteiger partial charge in [-0.1, -0.05) is 12.8 Å². The summed E-state index contributed by atoms with van der Waals surface area (Å²) < 4.78 is 2.05. The van der Waals surface area contributed by atoms with Gasteiger partial charge >= 0.3 is 0 Å². The molecule has 0 radical (unpaired) electrons. The van der Waals surface area contributed by atoms with Crippen LogP contribution in [0.15, 0.2) is 0 Å². The summed E-state index contributed by atoms with van der Waals surface area (Å²) in [5.74, 6) is 1.43. The van der Waals surface area contributed by atoms with Gasteiger partial charge in [-0.3, -0.25) is 0 Å². The highest BCUT2D eigenvalue weighted by Gasteiger charge is 2.27. The third kappa shape index (κ3) is 1.39. The number of hydrogen-bond donors (Lipinski definition) is 1. The molecule has 1 aromatic rings. The lowest BCUT2D eigenvalue weighted by molar-refractivity contribution is 0.619. The molecule has 0 atom stereocenters. The van der Waals surface area contributed by atoms with Crippen LogP contribution in [0.25, 0.3) is 0 Å². The van der Waals surface area contributed by atoms with Gasteiger partial charge in [0.15, 0.2) is 0 Å². The van der Waals surface area contributed by atoms with Crippen LogP contribution < -0.4 is 5.32 Å². The molecule has 0 amide bonds. The topological polar surface area (TPSA) is 53.6 Å². The van der Waals surface area contributed by atoms with Gasteiger partial charge in [0.05, 0.1) is 5.69 Å². The van der Waals surface area contributed by atoms with Crippen molar-refractivity contribution in [2.45, 2.75) is 44.6 Å². The van der Waals surface area contributed by atoms with Gasteiger partial charge in [-0.05, 0) is 19.3 Å². The number of aromatic nitrogens is 2. The highest BCUT2D eigenvalue weighted by atomic mass is 15.2. The normalized spacial score (nSPS) is 20.2. The molecule has 0 aromatic carbocycles. The minimum atomic E-state index is 0.523. The second-order valence-electron chi connectivity index (χ2n) is 4.69. The van der Waals surface area contributed by atoms with E-state index in [4.69, 9.17) is 0 Å². The van der Waals surface area contributed by atoms with Gasteiger partial charge in [0, 0.05) is 19.0 Å². The predicted molar refractivity (Wildman–Crippen MR) is 61.3 cm³/mol. The van der Waals surface area contributed by atoms with Gasteiger partial charge < -0.3 is 9.88 Å². The molecule has 1 aromatic heterocycles. The first-order valence-corrected chi connectivity index (χ1v) is 6.14. The van der Waals surface area contributed by atoms with Crippen LogP contribution >= 0.6 is 0 Å². The molecule has 1 saturated carbocycles. The molecule has 2 aliphatic rings. The summed E-state index contributed by atoms with van der Waals surface area (Å²) in [5, 5.41) is 12.6. The number of anilines is 1. The molecule has 1 aliphatic heterocycles. The van der Waals surface area contributed by atoms with E-state index in [0.717, 1.165) is 36.8 Å². The highest BCUT2D eigenvalue weighted by Crippen LogP contribution is 2.36. The first-order chi connectivity index (χ1) is 7.90. The van der Waals surface area contributed by atoms with Crippen LogP contribution in [0.2, 0.25) is 0 Å². The lowest BCUT2D eigenvalue weighted by Crippen LogP contribution is -2.18. The Morgan fingerprint density at radius 3 is 2.88 bits per heavy atom. The van der Waals surface area contributed by atoms with Gasteiger partial charge in [-0.2, -0.15) is 5.26 Å². The molecule has 3 rings (SSSR count). The minimum absolute atomic E-state index is 0.523. The summed E-state index contributed by atoms with van der Waals surface area (Å²) in [6, 6.07) is 2.34. The number of nitrogens with one attached hydrogen (secondary N) is 1. The SMILES string of the molecule is N#Cc1c(C2CCCC2)nc2n1CCCN2. The quantitative estimate of drug-likeness (QED) is 0.783. The zero-order valence-corrected chi connectivity index (χ0v) is 9.37. The van der Waals surface area contributed by atoms with Crippen LogP contribution in [0.4, 0.5) is 5.95 Å². The third-order valence-corrected chi connectivity index (χ3v) is 3.68. The predicted octanol–water partition coefficient (Wildman–Crippen LogP) is 2.23. The van der Waals surface area contributed by atoms with Gasteiger partial charge in [-0.15, -0.1) is 0 Å². The van der Waals surface area contributed by atoms with Crippen LogP contribution in [0.3, 0.4) is 0 Å². The van der Waals surface area contributed by atoms with E-state index in [0.29, 0.717) is 5.92 Å². The maximum Gasteiger partial charge on any atom is 0.204 e. The van der Waals surface area contributed by atoms with Crippen LogP contribution in [0, 0.1) is 11.3 Å². The molecule has 0 spiro atoms. The van der Waals surface area contributed by atoms with E-state index in [9.17, 15) is 5.26 Å². The maximum atomic E-state index is 9.29. The highest BCUT2D eigenvalue weighted by molar-refractivity contribution is 5.43. The molecular formula is C12H16N4. The van der Waals surface area contributed by atoms with E-state index < -0.39 is 0 Å². The fraction of sp³-hybridized carbons (Fsp3) is 0.667. The van der Waals surface area contributed by atoms with E-state index in [-0.39, 0.29) is 0 Å². The summed E-state index contributed by atoms with van der Waals surface area (Å²) in [6.07, 6.45) is 6.05. The molecule has 84 valence electrons. The fourth-order valence-corrected chi connectivity index (χ4v) is 2.86. The number of hydrogen-bond acceptors (Lipinski definition) is 3. The van der Waals surface area contributed by atoms with E-state index >= 15 is 0 Å². The van der Waals surface area contributed by atoms with E-state index in [1.165, 1.54) is 25.7 Å². The molecular weight excluding hydrogens is 200 g/mol. The Balaban J connectivity index is 2.04. The second-order valence-corrected chi connectivity index (χ2v) is 4.69. The second kappa shape index (κ2) is 3.82. The number of imidazole rings is 1. The van der Waals surface area contributed by atoms with Crippen molar-refractivity contribution in [3.63, 3.8) is 0 Å². The molecule has 4 heteroatoms. The number of nitriles is 1. The summed E-state index contributed by atoms with van der Waals surface area (Å²) >= 11 is 0. The molecule has 2 heterocycles. The largest absolute Gasteiger partial charge is 0.356 e. The molecule has 1 aliphatic carbocycles. The van der Waals surface area contributed by atoms with E-state index in [1.807, 2.05) is 0 Å².